The van der Waals surface area contributed by atoms with Gasteiger partial charge in [0.1, 0.15) is 6.33 Å². The molecular formula is C7H5F3N2O. The van der Waals surface area contributed by atoms with Gasteiger partial charge >= 0.3 is 6.18 Å². The van der Waals surface area contributed by atoms with Crippen LogP contribution in [0.1, 0.15) is 5.69 Å². The summed E-state index contributed by atoms with van der Waals surface area (Å²) in [5.41, 5.74) is -2.01. The van der Waals surface area contributed by atoms with Crippen LogP contribution in [0.4, 0.5) is 13.2 Å². The number of hydrogen-bond acceptors (Lipinski definition) is 2. The third-order valence-corrected chi connectivity index (χ3v) is 1.32. The van der Waals surface area contributed by atoms with Gasteiger partial charge in [0.05, 0.1) is 0 Å². The van der Waals surface area contributed by atoms with Gasteiger partial charge in [-0.3, -0.25) is 9.36 Å². The predicted octanol–water partition coefficient (Wildman–Crippen LogP) is 1.36. The number of hydrogen-bond donors (Lipinski definition) is 0. The molecule has 1 aromatic heterocycles. The minimum absolute atomic E-state index is 0.418. The molecule has 6 heteroatoms. The fraction of sp³-hybridized carbons (Fsp3) is 0.143. The van der Waals surface area contributed by atoms with Crippen LogP contribution >= 0.6 is 0 Å². The van der Waals surface area contributed by atoms with Gasteiger partial charge in [0.2, 0.25) is 0 Å². The molecule has 0 fully saturated rings. The Bertz CT molecular complexity index is 380. The summed E-state index contributed by atoms with van der Waals surface area (Å²) in [5.74, 6) is 0. The Hall–Kier alpha value is -1.59. The van der Waals surface area contributed by atoms with Crippen molar-refractivity contribution in [2.24, 2.45) is 0 Å². The van der Waals surface area contributed by atoms with E-state index in [0.717, 1.165) is 17.1 Å². The van der Waals surface area contributed by atoms with E-state index in [-0.39, 0.29) is 0 Å². The van der Waals surface area contributed by atoms with Crippen LogP contribution in [0.15, 0.2) is 23.8 Å². The molecule has 1 aromatic rings. The Morgan fingerprint density at radius 3 is 2.54 bits per heavy atom. The third kappa shape index (κ3) is 1.95. The van der Waals surface area contributed by atoms with E-state index in [1.165, 1.54) is 0 Å². The summed E-state index contributed by atoms with van der Waals surface area (Å²) in [6.45, 7) is 3.23. The summed E-state index contributed by atoms with van der Waals surface area (Å²) in [7, 11) is 0. The highest BCUT2D eigenvalue weighted by atomic mass is 19.4. The molecule has 0 spiro atoms. The molecule has 0 saturated carbocycles. The van der Waals surface area contributed by atoms with Gasteiger partial charge in [-0.15, -0.1) is 0 Å². The second-order valence-electron chi connectivity index (χ2n) is 2.20. The van der Waals surface area contributed by atoms with Gasteiger partial charge in [0, 0.05) is 12.3 Å². The van der Waals surface area contributed by atoms with Crippen molar-refractivity contribution in [3.8, 4) is 0 Å². The molecule has 0 atom stereocenters. The van der Waals surface area contributed by atoms with Crippen molar-refractivity contribution in [3.63, 3.8) is 0 Å². The van der Waals surface area contributed by atoms with E-state index in [1.54, 1.807) is 0 Å². The number of aromatic nitrogens is 2. The van der Waals surface area contributed by atoms with Crippen LogP contribution in [0.2, 0.25) is 0 Å². The van der Waals surface area contributed by atoms with Crippen molar-refractivity contribution in [2.45, 2.75) is 6.18 Å². The van der Waals surface area contributed by atoms with Gasteiger partial charge in [-0.1, -0.05) is 6.58 Å². The van der Waals surface area contributed by atoms with Crippen LogP contribution in [0, 0.1) is 0 Å². The van der Waals surface area contributed by atoms with Gasteiger partial charge in [-0.25, -0.2) is 4.98 Å². The molecule has 13 heavy (non-hydrogen) atoms. The molecule has 0 aliphatic rings. The van der Waals surface area contributed by atoms with E-state index in [2.05, 4.69) is 11.6 Å². The first kappa shape index (κ1) is 9.50. The van der Waals surface area contributed by atoms with Gasteiger partial charge in [0.25, 0.3) is 5.56 Å². The Kier molecular flexibility index (Phi) is 2.22. The van der Waals surface area contributed by atoms with Gasteiger partial charge in [-0.05, 0) is 0 Å². The maximum absolute atomic E-state index is 12.0. The summed E-state index contributed by atoms with van der Waals surface area (Å²) in [6.07, 6.45) is -2.73. The SMILES string of the molecule is C=Cn1cnc(C(F)(F)F)cc1=O. The van der Waals surface area contributed by atoms with Crippen LogP contribution in [0.25, 0.3) is 6.20 Å². The average Bonchev–Trinajstić information content (AvgIpc) is 2.02. The number of rotatable bonds is 1. The zero-order valence-corrected chi connectivity index (χ0v) is 6.38. The fourth-order valence-corrected chi connectivity index (χ4v) is 0.702. The van der Waals surface area contributed by atoms with Crippen molar-refractivity contribution < 1.29 is 13.2 Å². The molecular weight excluding hydrogens is 185 g/mol. The van der Waals surface area contributed by atoms with Gasteiger partial charge in [-0.2, -0.15) is 13.2 Å². The molecule has 0 saturated heterocycles. The average molecular weight is 190 g/mol. The summed E-state index contributed by atoms with van der Waals surface area (Å²) in [6, 6.07) is 0.418. The van der Waals surface area contributed by atoms with E-state index >= 15 is 0 Å². The highest BCUT2D eigenvalue weighted by molar-refractivity contribution is 5.17. The third-order valence-electron chi connectivity index (χ3n) is 1.32. The van der Waals surface area contributed by atoms with Crippen LogP contribution in [-0.4, -0.2) is 9.55 Å². The predicted molar refractivity (Wildman–Crippen MR) is 39.9 cm³/mol. The molecule has 0 aliphatic carbocycles. The van der Waals surface area contributed by atoms with E-state index in [1.807, 2.05) is 0 Å². The van der Waals surface area contributed by atoms with E-state index in [9.17, 15) is 18.0 Å². The summed E-state index contributed by atoms with van der Waals surface area (Å²) in [5, 5.41) is 0. The minimum atomic E-state index is -4.58. The first-order valence-electron chi connectivity index (χ1n) is 3.23. The second-order valence-corrected chi connectivity index (χ2v) is 2.20. The Morgan fingerprint density at radius 2 is 2.15 bits per heavy atom. The summed E-state index contributed by atoms with van der Waals surface area (Å²) in [4.78, 5) is 13.9. The van der Waals surface area contributed by atoms with Gasteiger partial charge < -0.3 is 0 Å². The number of halogens is 3. The molecule has 70 valence electrons. The Balaban J connectivity index is 3.26. The van der Waals surface area contributed by atoms with Crippen molar-refractivity contribution in [1.82, 2.24) is 9.55 Å². The van der Waals surface area contributed by atoms with Crippen LogP contribution in [-0.2, 0) is 6.18 Å². The van der Waals surface area contributed by atoms with Crippen LogP contribution in [0.3, 0.4) is 0 Å². The number of alkyl halides is 3. The second kappa shape index (κ2) is 3.04. The Morgan fingerprint density at radius 1 is 1.54 bits per heavy atom. The van der Waals surface area contributed by atoms with Crippen molar-refractivity contribution in [1.29, 1.82) is 0 Å². The summed E-state index contributed by atoms with van der Waals surface area (Å²) < 4.78 is 36.8. The molecule has 0 bridgehead atoms. The quantitative estimate of drug-likeness (QED) is 0.670. The van der Waals surface area contributed by atoms with Crippen LogP contribution < -0.4 is 5.56 Å². The maximum Gasteiger partial charge on any atom is 0.433 e. The molecule has 0 aromatic carbocycles. The van der Waals surface area contributed by atoms with E-state index < -0.39 is 17.4 Å². The number of nitrogens with zero attached hydrogens (tertiary/aromatic N) is 2. The van der Waals surface area contributed by atoms with E-state index in [0.29, 0.717) is 6.07 Å². The van der Waals surface area contributed by atoms with Crippen LogP contribution in [0.5, 0.6) is 0 Å². The molecule has 1 rings (SSSR count). The summed E-state index contributed by atoms with van der Waals surface area (Å²) >= 11 is 0. The smallest absolute Gasteiger partial charge is 0.275 e. The zero-order chi connectivity index (χ0) is 10.1. The Labute approximate surface area is 71.1 Å². The highest BCUT2D eigenvalue weighted by Gasteiger charge is 2.32. The molecule has 0 amide bonds. The topological polar surface area (TPSA) is 34.9 Å². The first-order chi connectivity index (χ1) is 5.95. The molecule has 1 heterocycles. The molecule has 0 radical (unpaired) electrons. The lowest BCUT2D eigenvalue weighted by Gasteiger charge is -2.04. The first-order valence-corrected chi connectivity index (χ1v) is 3.23. The van der Waals surface area contributed by atoms with Crippen molar-refractivity contribution >= 4 is 6.20 Å². The molecule has 0 aliphatic heterocycles. The zero-order valence-electron chi connectivity index (χ0n) is 6.38. The van der Waals surface area contributed by atoms with E-state index in [4.69, 9.17) is 0 Å². The lowest BCUT2D eigenvalue weighted by atomic mass is 10.4. The maximum atomic E-state index is 12.0. The largest absolute Gasteiger partial charge is 0.433 e. The molecule has 3 nitrogen and oxygen atoms in total. The van der Waals surface area contributed by atoms with Crippen molar-refractivity contribution in [2.75, 3.05) is 0 Å². The molecule has 0 N–H and O–H groups in total. The lowest BCUT2D eigenvalue weighted by Crippen LogP contribution is -2.19. The lowest BCUT2D eigenvalue weighted by molar-refractivity contribution is -0.141. The standard InChI is InChI=1S/C7H5F3N2O/c1-2-12-4-11-5(3-6(12)13)7(8,9)10/h2-4H,1H2. The fourth-order valence-electron chi connectivity index (χ4n) is 0.702. The highest BCUT2D eigenvalue weighted by Crippen LogP contribution is 2.25. The monoisotopic (exact) mass is 190 g/mol. The molecule has 0 unspecified atom stereocenters. The van der Waals surface area contributed by atoms with Gasteiger partial charge in [0.15, 0.2) is 5.69 Å². The van der Waals surface area contributed by atoms with Crippen molar-refractivity contribution in [3.05, 3.63) is 35.0 Å². The minimum Gasteiger partial charge on any atom is -0.275 e. The normalized spacial score (nSPS) is 11.3.